The summed E-state index contributed by atoms with van der Waals surface area (Å²) in [5.74, 6) is -0.361. The number of amides is 1. The van der Waals surface area contributed by atoms with Crippen molar-refractivity contribution < 1.29 is 28.5 Å². The highest BCUT2D eigenvalue weighted by atomic mass is 19.1. The molecule has 3 atom stereocenters. The fourth-order valence-corrected chi connectivity index (χ4v) is 3.81. The number of nitrogens with one attached hydrogen (secondary N) is 2. The summed E-state index contributed by atoms with van der Waals surface area (Å²) in [4.78, 5) is 11.2. The van der Waals surface area contributed by atoms with Crippen LogP contribution in [0.2, 0.25) is 0 Å². The van der Waals surface area contributed by atoms with Gasteiger partial charge in [-0.2, -0.15) is 0 Å². The van der Waals surface area contributed by atoms with Gasteiger partial charge in [0.2, 0.25) is 0 Å². The number of aliphatic hydroxyl groups excluding tert-OH is 1. The van der Waals surface area contributed by atoms with Crippen molar-refractivity contribution in [1.29, 1.82) is 0 Å². The van der Waals surface area contributed by atoms with E-state index >= 15 is 0 Å². The van der Waals surface area contributed by atoms with Gasteiger partial charge in [0.25, 0.3) is 0 Å². The maximum Gasteiger partial charge on any atom is 0.404 e. The van der Waals surface area contributed by atoms with Crippen molar-refractivity contribution in [1.82, 2.24) is 10.6 Å². The average Bonchev–Trinajstić information content (AvgIpc) is 2.70. The lowest BCUT2D eigenvalue weighted by Gasteiger charge is -2.30. The standard InChI is InChI=1S/C23H28F2N2O4/c1-13(2)15-3-4-22-18(10-15)19(5-6-31-22)26-12-21(28)20(27-23(29)30)9-14-7-16(24)11-17(25)8-14/h3-4,7-8,10-11,13,19-21,26-28H,5-6,9,12H2,1-2H3,(H,29,30)/t19?,20-,21+/m0/s1. The minimum Gasteiger partial charge on any atom is -0.493 e. The fraction of sp³-hybridized carbons (Fsp3) is 0.435. The van der Waals surface area contributed by atoms with Gasteiger partial charge >= 0.3 is 6.09 Å². The van der Waals surface area contributed by atoms with E-state index in [1.54, 1.807) is 0 Å². The van der Waals surface area contributed by atoms with Crippen molar-refractivity contribution in [2.24, 2.45) is 0 Å². The molecule has 0 bridgehead atoms. The van der Waals surface area contributed by atoms with Gasteiger partial charge in [0.15, 0.2) is 0 Å². The van der Waals surface area contributed by atoms with E-state index in [1.165, 1.54) is 5.56 Å². The van der Waals surface area contributed by atoms with Crippen LogP contribution in [0.3, 0.4) is 0 Å². The third-order valence-electron chi connectivity index (χ3n) is 5.46. The van der Waals surface area contributed by atoms with Crippen molar-refractivity contribution in [3.05, 3.63) is 64.7 Å². The van der Waals surface area contributed by atoms with Crippen LogP contribution >= 0.6 is 0 Å². The molecular weight excluding hydrogens is 406 g/mol. The smallest absolute Gasteiger partial charge is 0.404 e. The van der Waals surface area contributed by atoms with E-state index < -0.39 is 29.9 Å². The lowest BCUT2D eigenvalue weighted by atomic mass is 9.94. The van der Waals surface area contributed by atoms with Gasteiger partial charge < -0.3 is 25.6 Å². The molecule has 8 heteroatoms. The summed E-state index contributed by atoms with van der Waals surface area (Å²) in [6.07, 6.45) is -1.78. The Labute approximate surface area is 180 Å². The zero-order valence-electron chi connectivity index (χ0n) is 17.6. The zero-order chi connectivity index (χ0) is 22.5. The van der Waals surface area contributed by atoms with Gasteiger partial charge in [0, 0.05) is 30.6 Å². The van der Waals surface area contributed by atoms with E-state index in [1.807, 2.05) is 12.1 Å². The quantitative estimate of drug-likeness (QED) is 0.508. The minimum absolute atomic E-state index is 0.0499. The molecule has 0 aromatic heterocycles. The maximum atomic E-state index is 13.5. The van der Waals surface area contributed by atoms with Gasteiger partial charge in [0.05, 0.1) is 18.8 Å². The Bertz CT molecular complexity index is 902. The predicted molar refractivity (Wildman–Crippen MR) is 112 cm³/mol. The number of rotatable bonds is 8. The molecule has 168 valence electrons. The molecule has 2 aromatic rings. The van der Waals surface area contributed by atoms with Crippen LogP contribution in [0.15, 0.2) is 36.4 Å². The first-order chi connectivity index (χ1) is 14.7. The van der Waals surface area contributed by atoms with Crippen LogP contribution < -0.4 is 15.4 Å². The first kappa shape index (κ1) is 23.0. The summed E-state index contributed by atoms with van der Waals surface area (Å²) in [6, 6.07) is 8.07. The van der Waals surface area contributed by atoms with E-state index in [-0.39, 0.29) is 24.6 Å². The van der Waals surface area contributed by atoms with Crippen LogP contribution in [0, 0.1) is 11.6 Å². The third kappa shape index (κ3) is 6.15. The van der Waals surface area contributed by atoms with Crippen LogP contribution in [-0.2, 0) is 6.42 Å². The van der Waals surface area contributed by atoms with Crippen LogP contribution in [0.5, 0.6) is 5.75 Å². The molecule has 1 aliphatic rings. The minimum atomic E-state index is -1.32. The molecule has 1 aliphatic heterocycles. The Morgan fingerprint density at radius 3 is 2.55 bits per heavy atom. The van der Waals surface area contributed by atoms with Crippen LogP contribution in [0.25, 0.3) is 0 Å². The van der Waals surface area contributed by atoms with Crippen molar-refractivity contribution >= 4 is 6.09 Å². The average molecular weight is 434 g/mol. The molecule has 1 amide bonds. The SMILES string of the molecule is CC(C)c1ccc2c(c1)C(NC[C@@H](O)[C@H](Cc1cc(F)cc(F)c1)NC(=O)O)CCO2. The number of hydrogen-bond acceptors (Lipinski definition) is 4. The topological polar surface area (TPSA) is 90.8 Å². The first-order valence-corrected chi connectivity index (χ1v) is 10.4. The highest BCUT2D eigenvalue weighted by Gasteiger charge is 2.26. The monoisotopic (exact) mass is 434 g/mol. The molecule has 6 nitrogen and oxygen atoms in total. The summed E-state index contributed by atoms with van der Waals surface area (Å²) in [6.45, 7) is 4.84. The van der Waals surface area contributed by atoms with Gasteiger partial charge in [0.1, 0.15) is 17.4 Å². The second kappa shape index (κ2) is 10.1. The Morgan fingerprint density at radius 1 is 1.19 bits per heavy atom. The lowest BCUT2D eigenvalue weighted by molar-refractivity contribution is 0.112. The number of carboxylic acid groups (broad SMARTS) is 1. The Morgan fingerprint density at radius 2 is 1.90 bits per heavy atom. The number of ether oxygens (including phenoxy) is 1. The second-order valence-corrected chi connectivity index (χ2v) is 8.16. The molecule has 0 radical (unpaired) electrons. The number of hydrogen-bond donors (Lipinski definition) is 4. The number of carbonyl (C=O) groups is 1. The molecule has 1 heterocycles. The largest absolute Gasteiger partial charge is 0.493 e. The number of halogens is 2. The van der Waals surface area contributed by atoms with Crippen LogP contribution in [-0.4, -0.2) is 41.6 Å². The fourth-order valence-electron chi connectivity index (χ4n) is 3.81. The van der Waals surface area contributed by atoms with Crippen LogP contribution in [0.4, 0.5) is 13.6 Å². The highest BCUT2D eigenvalue weighted by Crippen LogP contribution is 2.34. The Kier molecular flexibility index (Phi) is 7.46. The zero-order valence-corrected chi connectivity index (χ0v) is 17.6. The molecule has 0 aliphatic carbocycles. The van der Waals surface area contributed by atoms with E-state index in [0.717, 1.165) is 29.5 Å². The number of fused-ring (bicyclic) bond motifs is 1. The number of benzene rings is 2. The maximum absolute atomic E-state index is 13.5. The predicted octanol–water partition coefficient (Wildman–Crippen LogP) is 3.74. The van der Waals surface area contributed by atoms with Gasteiger partial charge in [-0.05, 0) is 41.7 Å². The van der Waals surface area contributed by atoms with Crippen molar-refractivity contribution in [3.8, 4) is 5.75 Å². The molecule has 0 fully saturated rings. The Hall–Kier alpha value is -2.71. The van der Waals surface area contributed by atoms with E-state index in [4.69, 9.17) is 9.84 Å². The normalized spacial score (nSPS) is 17.5. The summed E-state index contributed by atoms with van der Waals surface area (Å²) < 4.78 is 32.7. The third-order valence-corrected chi connectivity index (χ3v) is 5.46. The van der Waals surface area contributed by atoms with Crippen LogP contribution in [0.1, 0.15) is 48.9 Å². The molecule has 0 saturated carbocycles. The lowest BCUT2D eigenvalue weighted by Crippen LogP contribution is -2.49. The molecule has 2 aromatic carbocycles. The molecule has 0 spiro atoms. The molecule has 0 saturated heterocycles. The van der Waals surface area contributed by atoms with Crippen molar-refractivity contribution in [3.63, 3.8) is 0 Å². The molecule has 1 unspecified atom stereocenters. The molecule has 31 heavy (non-hydrogen) atoms. The highest BCUT2D eigenvalue weighted by molar-refractivity contribution is 5.65. The van der Waals surface area contributed by atoms with E-state index in [9.17, 15) is 18.7 Å². The summed E-state index contributed by atoms with van der Waals surface area (Å²) in [5, 5.41) is 25.4. The molecule has 4 N–H and O–H groups in total. The summed E-state index contributed by atoms with van der Waals surface area (Å²) in [7, 11) is 0. The van der Waals surface area contributed by atoms with Gasteiger partial charge in [-0.15, -0.1) is 0 Å². The Balaban J connectivity index is 1.70. The molecule has 3 rings (SSSR count). The second-order valence-electron chi connectivity index (χ2n) is 8.16. The molecular formula is C23H28F2N2O4. The van der Waals surface area contributed by atoms with Crippen molar-refractivity contribution in [2.75, 3.05) is 13.2 Å². The van der Waals surface area contributed by atoms with Crippen molar-refractivity contribution in [2.45, 2.75) is 50.8 Å². The first-order valence-electron chi connectivity index (χ1n) is 10.4. The van der Waals surface area contributed by atoms with Gasteiger partial charge in [-0.3, -0.25) is 0 Å². The summed E-state index contributed by atoms with van der Waals surface area (Å²) in [5.41, 5.74) is 2.43. The van der Waals surface area contributed by atoms with E-state index in [0.29, 0.717) is 18.9 Å². The number of aliphatic hydroxyl groups is 1. The van der Waals surface area contributed by atoms with Gasteiger partial charge in [-0.1, -0.05) is 26.0 Å². The van der Waals surface area contributed by atoms with Gasteiger partial charge in [-0.25, -0.2) is 13.6 Å². The summed E-state index contributed by atoms with van der Waals surface area (Å²) >= 11 is 0. The van der Waals surface area contributed by atoms with E-state index in [2.05, 4.69) is 30.5 Å².